The minimum atomic E-state index is -4.52. The van der Waals surface area contributed by atoms with E-state index < -0.39 is 17.7 Å². The number of anilines is 2. The van der Waals surface area contributed by atoms with E-state index in [0.29, 0.717) is 24.2 Å². The van der Waals surface area contributed by atoms with Crippen LogP contribution in [0.5, 0.6) is 0 Å². The lowest BCUT2D eigenvalue weighted by Gasteiger charge is -2.15. The Morgan fingerprint density at radius 1 is 1.15 bits per heavy atom. The molecule has 0 saturated carbocycles. The number of carbonyl (C=O) groups excluding carboxylic acids is 1. The second-order valence-electron chi connectivity index (χ2n) is 6.09. The number of benzene rings is 1. The smallest absolute Gasteiger partial charge is 0.359 e. The quantitative estimate of drug-likeness (QED) is 0.647. The molecule has 2 aromatic rings. The van der Waals surface area contributed by atoms with Gasteiger partial charge in [-0.25, -0.2) is 4.39 Å². The van der Waals surface area contributed by atoms with Crippen molar-refractivity contribution in [3.8, 4) is 0 Å². The molecule has 1 atom stereocenters. The van der Waals surface area contributed by atoms with E-state index in [-0.39, 0.29) is 17.5 Å². The van der Waals surface area contributed by atoms with Crippen molar-refractivity contribution < 1.29 is 22.4 Å². The van der Waals surface area contributed by atoms with Gasteiger partial charge in [-0.3, -0.25) is 9.78 Å². The first-order valence-corrected chi connectivity index (χ1v) is 8.19. The Labute approximate surface area is 154 Å². The molecule has 2 N–H and O–H groups in total. The number of nitrogens with zero attached hydrogens (tertiary/aromatic N) is 1. The third-order valence-electron chi connectivity index (χ3n) is 3.81. The van der Waals surface area contributed by atoms with Gasteiger partial charge < -0.3 is 10.6 Å². The zero-order chi connectivity index (χ0) is 20.0. The minimum absolute atomic E-state index is 0.228. The number of allylic oxidation sites excluding steroid dienone is 1. The van der Waals surface area contributed by atoms with Crippen LogP contribution in [0.2, 0.25) is 0 Å². The van der Waals surface area contributed by atoms with Gasteiger partial charge in [0.25, 0.3) is 0 Å². The topological polar surface area (TPSA) is 54.0 Å². The van der Waals surface area contributed by atoms with Crippen LogP contribution in [0.3, 0.4) is 0 Å². The summed E-state index contributed by atoms with van der Waals surface area (Å²) in [5.74, 6) is -0.998. The summed E-state index contributed by atoms with van der Waals surface area (Å²) < 4.78 is 50.9. The highest BCUT2D eigenvalue weighted by Crippen LogP contribution is 2.29. The van der Waals surface area contributed by atoms with E-state index in [0.717, 1.165) is 12.3 Å². The fraction of sp³-hybridized carbons (Fsp3) is 0.263. The predicted molar refractivity (Wildman–Crippen MR) is 95.4 cm³/mol. The van der Waals surface area contributed by atoms with E-state index in [1.165, 1.54) is 30.3 Å². The van der Waals surface area contributed by atoms with Gasteiger partial charge in [0, 0.05) is 29.2 Å². The van der Waals surface area contributed by atoms with Gasteiger partial charge in [-0.2, -0.15) is 13.2 Å². The maximum absolute atomic E-state index is 12.9. The lowest BCUT2D eigenvalue weighted by atomic mass is 10.0. The van der Waals surface area contributed by atoms with E-state index in [9.17, 15) is 22.4 Å². The fourth-order valence-corrected chi connectivity index (χ4v) is 2.25. The van der Waals surface area contributed by atoms with Gasteiger partial charge in [0.15, 0.2) is 0 Å². The molecule has 0 radical (unpaired) electrons. The van der Waals surface area contributed by atoms with Crippen LogP contribution in [0.4, 0.5) is 28.9 Å². The van der Waals surface area contributed by atoms with Crippen molar-refractivity contribution in [1.82, 2.24) is 4.98 Å². The lowest BCUT2D eigenvalue weighted by Crippen LogP contribution is -2.20. The number of aromatic nitrogens is 1. The van der Waals surface area contributed by atoms with Crippen molar-refractivity contribution in [1.29, 1.82) is 0 Å². The predicted octanol–water partition coefficient (Wildman–Crippen LogP) is 5.22. The molecular formula is C19H19F4N3O. The Hall–Kier alpha value is -2.90. The summed E-state index contributed by atoms with van der Waals surface area (Å²) in [6.45, 7) is 5.50. The fourth-order valence-electron chi connectivity index (χ4n) is 2.25. The number of amides is 1. The Morgan fingerprint density at radius 2 is 1.81 bits per heavy atom. The van der Waals surface area contributed by atoms with Crippen LogP contribution < -0.4 is 10.6 Å². The van der Waals surface area contributed by atoms with Crippen LogP contribution in [0.1, 0.15) is 25.5 Å². The number of pyridine rings is 1. The molecule has 0 bridgehead atoms. The van der Waals surface area contributed by atoms with Crippen molar-refractivity contribution in [2.24, 2.45) is 5.92 Å². The SMILES string of the molecule is C=C(CC[C@H](C)C(=O)Nc1ccc(F)cc1)Nc1ccnc(C(F)(F)F)c1. The van der Waals surface area contributed by atoms with Crippen molar-refractivity contribution in [2.45, 2.75) is 25.9 Å². The van der Waals surface area contributed by atoms with E-state index in [2.05, 4.69) is 22.2 Å². The monoisotopic (exact) mass is 381 g/mol. The standard InChI is InChI=1S/C19H19F4N3O/c1-12(18(27)26-15-7-5-14(20)6-8-15)3-4-13(2)25-16-9-10-24-17(11-16)19(21,22)23/h5-12H,2-4H2,1H3,(H,24,25)(H,26,27)/t12-/m0/s1. The second kappa shape index (κ2) is 8.66. The highest BCUT2D eigenvalue weighted by atomic mass is 19.4. The number of hydrogen-bond donors (Lipinski definition) is 2. The van der Waals surface area contributed by atoms with Gasteiger partial charge in [-0.15, -0.1) is 0 Å². The third-order valence-corrected chi connectivity index (χ3v) is 3.81. The van der Waals surface area contributed by atoms with Crippen LogP contribution in [-0.4, -0.2) is 10.9 Å². The lowest BCUT2D eigenvalue weighted by molar-refractivity contribution is -0.141. The van der Waals surface area contributed by atoms with Crippen LogP contribution in [0.25, 0.3) is 0 Å². The van der Waals surface area contributed by atoms with Crippen molar-refractivity contribution in [2.75, 3.05) is 10.6 Å². The number of halogens is 4. The number of nitrogens with one attached hydrogen (secondary N) is 2. The molecule has 27 heavy (non-hydrogen) atoms. The Morgan fingerprint density at radius 3 is 2.44 bits per heavy atom. The van der Waals surface area contributed by atoms with Crippen molar-refractivity contribution >= 4 is 17.3 Å². The molecule has 0 aliphatic rings. The molecular weight excluding hydrogens is 362 g/mol. The maximum Gasteiger partial charge on any atom is 0.433 e. The van der Waals surface area contributed by atoms with Crippen molar-refractivity contribution in [3.05, 3.63) is 66.4 Å². The Kier molecular flexibility index (Phi) is 6.55. The molecule has 2 rings (SSSR count). The normalized spacial score (nSPS) is 12.3. The molecule has 144 valence electrons. The van der Waals surface area contributed by atoms with Crippen LogP contribution >= 0.6 is 0 Å². The first-order chi connectivity index (χ1) is 12.6. The second-order valence-corrected chi connectivity index (χ2v) is 6.09. The molecule has 0 unspecified atom stereocenters. The molecule has 4 nitrogen and oxygen atoms in total. The van der Waals surface area contributed by atoms with Crippen LogP contribution in [0, 0.1) is 11.7 Å². The summed E-state index contributed by atoms with van der Waals surface area (Å²) >= 11 is 0. The molecule has 0 aliphatic heterocycles. The molecule has 1 aromatic carbocycles. The number of carbonyl (C=O) groups is 1. The molecule has 0 fully saturated rings. The van der Waals surface area contributed by atoms with Gasteiger partial charge >= 0.3 is 6.18 Å². The largest absolute Gasteiger partial charge is 0.433 e. The van der Waals surface area contributed by atoms with Gasteiger partial charge in [0.05, 0.1) is 0 Å². The van der Waals surface area contributed by atoms with E-state index in [1.807, 2.05) is 0 Å². The summed E-state index contributed by atoms with van der Waals surface area (Å²) in [7, 11) is 0. The highest BCUT2D eigenvalue weighted by Gasteiger charge is 2.32. The summed E-state index contributed by atoms with van der Waals surface area (Å²) in [6, 6.07) is 7.72. The molecule has 0 spiro atoms. The highest BCUT2D eigenvalue weighted by molar-refractivity contribution is 5.92. The van der Waals surface area contributed by atoms with Crippen molar-refractivity contribution in [3.63, 3.8) is 0 Å². The maximum atomic E-state index is 12.9. The Balaban J connectivity index is 1.84. The zero-order valence-corrected chi connectivity index (χ0v) is 14.6. The minimum Gasteiger partial charge on any atom is -0.359 e. The van der Waals surface area contributed by atoms with Gasteiger partial charge in [0.1, 0.15) is 11.5 Å². The van der Waals surface area contributed by atoms with Gasteiger partial charge in [-0.1, -0.05) is 13.5 Å². The first kappa shape index (κ1) is 20.4. The average molecular weight is 381 g/mol. The van der Waals surface area contributed by atoms with Crippen LogP contribution in [0.15, 0.2) is 54.9 Å². The molecule has 8 heteroatoms. The third kappa shape index (κ3) is 6.40. The molecule has 0 aliphatic carbocycles. The number of rotatable bonds is 7. The van der Waals surface area contributed by atoms with E-state index in [4.69, 9.17) is 0 Å². The summed E-state index contributed by atoms with van der Waals surface area (Å²) in [4.78, 5) is 15.4. The van der Waals surface area contributed by atoms with E-state index in [1.54, 1.807) is 6.92 Å². The van der Waals surface area contributed by atoms with Gasteiger partial charge in [-0.05, 0) is 49.2 Å². The first-order valence-electron chi connectivity index (χ1n) is 8.19. The molecule has 1 amide bonds. The summed E-state index contributed by atoms with van der Waals surface area (Å²) in [6.07, 6.45) is -2.62. The molecule has 0 saturated heterocycles. The summed E-state index contributed by atoms with van der Waals surface area (Å²) in [5, 5.41) is 5.47. The number of hydrogen-bond acceptors (Lipinski definition) is 3. The molecule has 1 aromatic heterocycles. The van der Waals surface area contributed by atoms with Crippen LogP contribution in [-0.2, 0) is 11.0 Å². The zero-order valence-electron chi connectivity index (χ0n) is 14.6. The average Bonchev–Trinajstić information content (AvgIpc) is 2.61. The van der Waals surface area contributed by atoms with Gasteiger partial charge in [0.2, 0.25) is 5.91 Å². The van der Waals surface area contributed by atoms with E-state index >= 15 is 0 Å². The number of alkyl halides is 3. The summed E-state index contributed by atoms with van der Waals surface area (Å²) in [5.41, 5.74) is 0.204. The Bertz CT molecular complexity index is 803. The molecule has 1 heterocycles.